The van der Waals surface area contributed by atoms with Crippen molar-refractivity contribution in [3.8, 4) is 5.75 Å². The molecule has 4 rings (SSSR count). The van der Waals surface area contributed by atoms with E-state index in [-0.39, 0.29) is 5.91 Å². The van der Waals surface area contributed by atoms with E-state index < -0.39 is 12.6 Å². The number of aliphatic carboxylic acids is 1. The molecule has 0 saturated carbocycles. The quantitative estimate of drug-likeness (QED) is 0.334. The minimum absolute atomic E-state index is 0.176. The third-order valence-electron chi connectivity index (χ3n) is 4.48. The van der Waals surface area contributed by atoms with Crippen LogP contribution >= 0.6 is 43.6 Å². The number of thioether (sulfide) groups is 1. The average molecular weight is 588 g/mol. The maximum absolute atomic E-state index is 13.3. The van der Waals surface area contributed by atoms with Gasteiger partial charge >= 0.3 is 5.97 Å². The predicted octanol–water partition coefficient (Wildman–Crippen LogP) is 6.48. The molecule has 0 spiro atoms. The van der Waals surface area contributed by atoms with Gasteiger partial charge in [-0.15, -0.1) is 0 Å². The Morgan fingerprint density at radius 1 is 0.970 bits per heavy atom. The fraction of sp³-hybridized carbons (Fsp3) is 0.0417. The van der Waals surface area contributed by atoms with Crippen molar-refractivity contribution in [2.75, 3.05) is 11.5 Å². The van der Waals surface area contributed by atoms with Crippen LogP contribution in [0.5, 0.6) is 5.75 Å². The largest absolute Gasteiger partial charge is 0.482 e. The Balaban J connectivity index is 1.65. The molecular weight excluding hydrogens is 572 g/mol. The Morgan fingerprint density at radius 2 is 1.58 bits per heavy atom. The molecule has 9 heteroatoms. The molecule has 0 aliphatic carbocycles. The summed E-state index contributed by atoms with van der Waals surface area (Å²) in [5.41, 5.74) is 2.23. The number of carboxylic acid groups (broad SMARTS) is 1. The standard InChI is InChI=1S/C24H16Br2N2O4S/c25-16-3-7-18(8-4-16)27-24-28(19-9-5-17(26)6-10-19)23(31)21(33-24)13-15-1-11-20(12-2-15)32-14-22(29)30/h1-13H,14H2,(H,29,30). The second-order valence-electron chi connectivity index (χ2n) is 6.85. The maximum atomic E-state index is 13.3. The number of hydrogen-bond donors (Lipinski definition) is 1. The lowest BCUT2D eigenvalue weighted by atomic mass is 10.2. The van der Waals surface area contributed by atoms with Crippen LogP contribution in [0.3, 0.4) is 0 Å². The van der Waals surface area contributed by atoms with E-state index in [0.29, 0.717) is 21.5 Å². The van der Waals surface area contributed by atoms with Crippen LogP contribution in [0.25, 0.3) is 6.08 Å². The number of benzene rings is 3. The molecule has 1 saturated heterocycles. The number of anilines is 1. The molecule has 3 aromatic rings. The third kappa shape index (κ3) is 5.93. The van der Waals surface area contributed by atoms with Crippen molar-refractivity contribution < 1.29 is 19.4 Å². The third-order valence-corrected chi connectivity index (χ3v) is 6.51. The highest BCUT2D eigenvalue weighted by Crippen LogP contribution is 2.38. The zero-order chi connectivity index (χ0) is 23.4. The van der Waals surface area contributed by atoms with Gasteiger partial charge in [-0.3, -0.25) is 9.69 Å². The van der Waals surface area contributed by atoms with Gasteiger partial charge in [0, 0.05) is 8.95 Å². The van der Waals surface area contributed by atoms with E-state index in [9.17, 15) is 9.59 Å². The van der Waals surface area contributed by atoms with Crippen LogP contribution in [0.15, 0.2) is 91.6 Å². The molecule has 0 radical (unpaired) electrons. The van der Waals surface area contributed by atoms with Crippen molar-refractivity contribution in [2.45, 2.75) is 0 Å². The summed E-state index contributed by atoms with van der Waals surface area (Å²) in [5.74, 6) is -0.775. The van der Waals surface area contributed by atoms with Gasteiger partial charge in [-0.2, -0.15) is 0 Å². The first-order chi connectivity index (χ1) is 15.9. The molecule has 6 nitrogen and oxygen atoms in total. The molecule has 1 amide bonds. The highest BCUT2D eigenvalue weighted by Gasteiger charge is 2.34. The molecule has 3 aromatic carbocycles. The number of rotatable bonds is 6. The number of hydrogen-bond acceptors (Lipinski definition) is 5. The predicted molar refractivity (Wildman–Crippen MR) is 138 cm³/mol. The second kappa shape index (κ2) is 10.4. The summed E-state index contributed by atoms with van der Waals surface area (Å²) in [6, 6.07) is 21.9. The summed E-state index contributed by atoms with van der Waals surface area (Å²) in [4.78, 5) is 30.8. The lowest BCUT2D eigenvalue weighted by Gasteiger charge is -2.15. The Labute approximate surface area is 211 Å². The van der Waals surface area contributed by atoms with E-state index in [1.807, 2.05) is 48.5 Å². The number of amides is 1. The highest BCUT2D eigenvalue weighted by molar-refractivity contribution is 9.10. The number of halogens is 2. The average Bonchev–Trinajstić information content (AvgIpc) is 3.10. The molecular formula is C24H16Br2N2O4S. The van der Waals surface area contributed by atoms with Crippen molar-refractivity contribution in [1.29, 1.82) is 0 Å². The van der Waals surface area contributed by atoms with Crippen LogP contribution in [0.4, 0.5) is 11.4 Å². The number of carbonyl (C=O) groups excluding carboxylic acids is 1. The van der Waals surface area contributed by atoms with Gasteiger partial charge in [0.15, 0.2) is 11.8 Å². The summed E-state index contributed by atoms with van der Waals surface area (Å²) >= 11 is 8.14. The van der Waals surface area contributed by atoms with Crippen molar-refractivity contribution >= 4 is 78.1 Å². The van der Waals surface area contributed by atoms with Crippen LogP contribution in [0, 0.1) is 0 Å². The number of aliphatic imine (C=N–C) groups is 1. The zero-order valence-corrected chi connectivity index (χ0v) is 20.9. The first-order valence-corrected chi connectivity index (χ1v) is 12.1. The number of carboxylic acids is 1. The number of ether oxygens (including phenoxy) is 1. The van der Waals surface area contributed by atoms with Crippen molar-refractivity contribution in [2.24, 2.45) is 4.99 Å². The molecule has 0 bridgehead atoms. The SMILES string of the molecule is O=C(O)COc1ccc(C=C2SC(=Nc3ccc(Br)cc3)N(c3ccc(Br)cc3)C2=O)cc1. The van der Waals surface area contributed by atoms with Crippen molar-refractivity contribution in [3.05, 3.63) is 92.2 Å². The monoisotopic (exact) mass is 586 g/mol. The minimum atomic E-state index is -1.04. The summed E-state index contributed by atoms with van der Waals surface area (Å²) in [7, 11) is 0. The molecule has 1 heterocycles. The van der Waals surface area contributed by atoms with Gasteiger partial charge in [-0.1, -0.05) is 44.0 Å². The first-order valence-electron chi connectivity index (χ1n) is 9.67. The van der Waals surface area contributed by atoms with Crippen LogP contribution in [0.1, 0.15) is 5.56 Å². The molecule has 1 aliphatic heterocycles. The van der Waals surface area contributed by atoms with E-state index in [1.54, 1.807) is 35.2 Å². The van der Waals surface area contributed by atoms with Crippen LogP contribution in [-0.4, -0.2) is 28.8 Å². The van der Waals surface area contributed by atoms with Gasteiger partial charge in [-0.05, 0) is 84.1 Å². The minimum Gasteiger partial charge on any atom is -0.482 e. The fourth-order valence-electron chi connectivity index (χ4n) is 2.95. The van der Waals surface area contributed by atoms with Crippen LogP contribution in [-0.2, 0) is 9.59 Å². The van der Waals surface area contributed by atoms with Gasteiger partial charge in [0.2, 0.25) is 0 Å². The smallest absolute Gasteiger partial charge is 0.341 e. The van der Waals surface area contributed by atoms with Gasteiger partial charge in [0.1, 0.15) is 5.75 Å². The van der Waals surface area contributed by atoms with E-state index in [2.05, 4.69) is 31.9 Å². The lowest BCUT2D eigenvalue weighted by Crippen LogP contribution is -2.28. The van der Waals surface area contributed by atoms with Crippen molar-refractivity contribution in [1.82, 2.24) is 0 Å². The Kier molecular flexibility index (Phi) is 7.32. The Hall–Kier alpha value is -2.88. The van der Waals surface area contributed by atoms with Gasteiger partial charge < -0.3 is 9.84 Å². The molecule has 0 unspecified atom stereocenters. The summed E-state index contributed by atoms with van der Waals surface area (Å²) in [6.45, 7) is -0.410. The zero-order valence-electron chi connectivity index (χ0n) is 16.9. The number of carbonyl (C=O) groups is 2. The van der Waals surface area contributed by atoms with Crippen molar-refractivity contribution in [3.63, 3.8) is 0 Å². The van der Waals surface area contributed by atoms with Crippen LogP contribution < -0.4 is 9.64 Å². The molecule has 1 N–H and O–H groups in total. The van der Waals surface area contributed by atoms with E-state index >= 15 is 0 Å². The topological polar surface area (TPSA) is 79.2 Å². The molecule has 166 valence electrons. The summed E-state index contributed by atoms with van der Waals surface area (Å²) in [5, 5.41) is 9.28. The number of nitrogens with zero attached hydrogens (tertiary/aromatic N) is 2. The second-order valence-corrected chi connectivity index (χ2v) is 9.69. The fourth-order valence-corrected chi connectivity index (χ4v) is 4.48. The molecule has 1 aliphatic rings. The lowest BCUT2D eigenvalue weighted by molar-refractivity contribution is -0.139. The van der Waals surface area contributed by atoms with E-state index in [1.165, 1.54) is 11.8 Å². The highest BCUT2D eigenvalue weighted by atomic mass is 79.9. The maximum Gasteiger partial charge on any atom is 0.341 e. The van der Waals surface area contributed by atoms with Gasteiger partial charge in [0.25, 0.3) is 5.91 Å². The molecule has 0 aromatic heterocycles. The van der Waals surface area contributed by atoms with E-state index in [0.717, 1.165) is 20.2 Å². The van der Waals surface area contributed by atoms with Crippen LogP contribution in [0.2, 0.25) is 0 Å². The normalized spacial score (nSPS) is 15.9. The van der Waals surface area contributed by atoms with Gasteiger partial charge in [-0.25, -0.2) is 9.79 Å². The Bertz CT molecular complexity index is 1240. The Morgan fingerprint density at radius 3 is 2.18 bits per heavy atom. The first kappa shape index (κ1) is 23.3. The molecule has 0 atom stereocenters. The molecule has 33 heavy (non-hydrogen) atoms. The number of amidine groups is 1. The summed E-state index contributed by atoms with van der Waals surface area (Å²) in [6.07, 6.45) is 1.78. The van der Waals surface area contributed by atoms with Gasteiger partial charge in [0.05, 0.1) is 16.3 Å². The molecule has 1 fully saturated rings. The summed E-state index contributed by atoms with van der Waals surface area (Å²) < 4.78 is 7.02. The van der Waals surface area contributed by atoms with E-state index in [4.69, 9.17) is 14.8 Å².